The van der Waals surface area contributed by atoms with Gasteiger partial charge in [-0.25, -0.2) is 4.98 Å². The van der Waals surface area contributed by atoms with Crippen molar-refractivity contribution in [3.05, 3.63) is 29.6 Å². The molecule has 5 heteroatoms. The minimum Gasteiger partial charge on any atom is -0.384 e. The van der Waals surface area contributed by atoms with Crippen LogP contribution in [0.3, 0.4) is 0 Å². The summed E-state index contributed by atoms with van der Waals surface area (Å²) in [6.07, 6.45) is 3.44. The summed E-state index contributed by atoms with van der Waals surface area (Å²) in [5, 5.41) is 11.6. The molecule has 0 atom stereocenters. The first-order valence-corrected chi connectivity index (χ1v) is 6.13. The molecular weight excluding hydrogens is 244 g/mol. The molecule has 1 amide bonds. The lowest BCUT2D eigenvalue weighted by molar-refractivity contribution is 0.0175. The molecule has 0 aliphatic heterocycles. The summed E-state index contributed by atoms with van der Waals surface area (Å²) in [7, 11) is 1.67. The molecule has 1 aliphatic carbocycles. The number of nitrogens with zero attached hydrogens (tertiary/aromatic N) is 1. The van der Waals surface area contributed by atoms with Crippen molar-refractivity contribution in [2.75, 3.05) is 13.7 Å². The van der Waals surface area contributed by atoms with Gasteiger partial charge in [-0.2, -0.15) is 0 Å². The van der Waals surface area contributed by atoms with E-state index >= 15 is 0 Å². The second kappa shape index (κ2) is 6.32. The molecule has 1 aromatic rings. The van der Waals surface area contributed by atoms with Gasteiger partial charge >= 0.3 is 0 Å². The predicted octanol–water partition coefficient (Wildman–Crippen LogP) is 0.333. The van der Waals surface area contributed by atoms with Crippen LogP contribution in [0.1, 0.15) is 28.9 Å². The first kappa shape index (κ1) is 13.5. The van der Waals surface area contributed by atoms with E-state index in [1.807, 2.05) is 0 Å². The Balaban J connectivity index is 2.03. The first-order valence-electron chi connectivity index (χ1n) is 6.13. The fourth-order valence-electron chi connectivity index (χ4n) is 1.95. The van der Waals surface area contributed by atoms with Gasteiger partial charge in [0.15, 0.2) is 0 Å². The van der Waals surface area contributed by atoms with Crippen LogP contribution in [-0.2, 0) is 4.74 Å². The van der Waals surface area contributed by atoms with Crippen molar-refractivity contribution in [3.63, 3.8) is 0 Å². The van der Waals surface area contributed by atoms with Crippen LogP contribution >= 0.6 is 0 Å². The number of aliphatic hydroxyl groups excluding tert-OH is 1. The highest BCUT2D eigenvalue weighted by Gasteiger charge is 2.30. The molecule has 0 bridgehead atoms. The summed E-state index contributed by atoms with van der Waals surface area (Å²) in [4.78, 5) is 16.1. The highest BCUT2D eigenvalue weighted by molar-refractivity contribution is 5.95. The molecule has 19 heavy (non-hydrogen) atoms. The van der Waals surface area contributed by atoms with E-state index in [0.29, 0.717) is 11.3 Å². The van der Waals surface area contributed by atoms with Gasteiger partial charge in [0.1, 0.15) is 12.3 Å². The number of aliphatic hydroxyl groups is 1. The fraction of sp³-hybridized carbons (Fsp3) is 0.429. The summed E-state index contributed by atoms with van der Waals surface area (Å²) in [5.41, 5.74) is 0.820. The Kier molecular flexibility index (Phi) is 4.50. The molecule has 1 fully saturated rings. The average Bonchev–Trinajstić information content (AvgIpc) is 2.40. The van der Waals surface area contributed by atoms with Gasteiger partial charge < -0.3 is 15.2 Å². The molecule has 100 valence electrons. The minimum atomic E-state index is -0.242. The lowest BCUT2D eigenvalue weighted by atomic mass is 9.89. The van der Waals surface area contributed by atoms with Crippen molar-refractivity contribution >= 4 is 5.91 Å². The van der Waals surface area contributed by atoms with E-state index < -0.39 is 0 Å². The number of rotatable bonds is 3. The Morgan fingerprint density at radius 2 is 2.42 bits per heavy atom. The van der Waals surface area contributed by atoms with Gasteiger partial charge in [-0.1, -0.05) is 11.8 Å². The number of amides is 1. The summed E-state index contributed by atoms with van der Waals surface area (Å²) in [6.45, 7) is -0.242. The second-order valence-corrected chi connectivity index (χ2v) is 4.36. The summed E-state index contributed by atoms with van der Waals surface area (Å²) < 4.78 is 5.16. The van der Waals surface area contributed by atoms with Crippen molar-refractivity contribution in [2.45, 2.75) is 25.0 Å². The highest BCUT2D eigenvalue weighted by atomic mass is 16.5. The summed E-state index contributed by atoms with van der Waals surface area (Å²) in [5.74, 6) is 5.01. The van der Waals surface area contributed by atoms with Crippen molar-refractivity contribution in [1.82, 2.24) is 10.3 Å². The van der Waals surface area contributed by atoms with Gasteiger partial charge in [-0.3, -0.25) is 4.79 Å². The maximum absolute atomic E-state index is 12.1. The standard InChI is InChI=1S/C14H16N2O3/c1-19-12-8-11(9-12)16-14(18)13-10(5-3-7-17)4-2-6-15-13/h2,4,6,11-12,17H,7-9H2,1H3,(H,16,18). The highest BCUT2D eigenvalue weighted by Crippen LogP contribution is 2.22. The van der Waals surface area contributed by atoms with Crippen LogP contribution in [0.15, 0.2) is 18.3 Å². The Morgan fingerprint density at radius 1 is 1.63 bits per heavy atom. The van der Waals surface area contributed by atoms with Crippen molar-refractivity contribution in [3.8, 4) is 11.8 Å². The third-order valence-electron chi connectivity index (χ3n) is 3.09. The number of aromatic nitrogens is 1. The number of pyridine rings is 1. The number of nitrogens with one attached hydrogen (secondary N) is 1. The zero-order valence-corrected chi connectivity index (χ0v) is 10.7. The Hall–Kier alpha value is -1.90. The average molecular weight is 260 g/mol. The predicted molar refractivity (Wildman–Crippen MR) is 69.5 cm³/mol. The zero-order chi connectivity index (χ0) is 13.7. The second-order valence-electron chi connectivity index (χ2n) is 4.36. The molecule has 1 aliphatic rings. The SMILES string of the molecule is COC1CC(NC(=O)c2ncccc2C#CCO)C1. The minimum absolute atomic E-state index is 0.137. The molecule has 0 saturated heterocycles. The first-order chi connectivity index (χ1) is 9.24. The van der Waals surface area contributed by atoms with Gasteiger partial charge in [-0.15, -0.1) is 0 Å². The van der Waals surface area contributed by atoms with E-state index in [4.69, 9.17) is 9.84 Å². The topological polar surface area (TPSA) is 71.5 Å². The molecule has 0 aromatic carbocycles. The van der Waals surface area contributed by atoms with Crippen molar-refractivity contribution in [1.29, 1.82) is 0 Å². The number of hydrogen-bond donors (Lipinski definition) is 2. The van der Waals surface area contributed by atoms with Crippen LogP contribution in [0.2, 0.25) is 0 Å². The van der Waals surface area contributed by atoms with E-state index in [9.17, 15) is 4.79 Å². The molecular formula is C14H16N2O3. The van der Waals surface area contributed by atoms with E-state index in [1.54, 1.807) is 25.4 Å². The van der Waals surface area contributed by atoms with Crippen LogP contribution in [0.4, 0.5) is 0 Å². The van der Waals surface area contributed by atoms with Crippen LogP contribution < -0.4 is 5.32 Å². The summed E-state index contributed by atoms with van der Waals surface area (Å²) >= 11 is 0. The van der Waals surface area contributed by atoms with Crippen LogP contribution in [0.25, 0.3) is 0 Å². The van der Waals surface area contributed by atoms with Gasteiger partial charge in [0.2, 0.25) is 0 Å². The third-order valence-corrected chi connectivity index (χ3v) is 3.09. The number of methoxy groups -OCH3 is 1. The van der Waals surface area contributed by atoms with Crippen LogP contribution in [0.5, 0.6) is 0 Å². The number of carbonyl (C=O) groups excluding carboxylic acids is 1. The summed E-state index contributed by atoms with van der Waals surface area (Å²) in [6, 6.07) is 3.56. The van der Waals surface area contributed by atoms with Gasteiger partial charge in [0, 0.05) is 19.3 Å². The third kappa shape index (κ3) is 3.31. The maximum Gasteiger partial charge on any atom is 0.271 e. The quantitative estimate of drug-likeness (QED) is 0.768. The van der Waals surface area contributed by atoms with Gasteiger partial charge in [-0.05, 0) is 25.0 Å². The Morgan fingerprint density at radius 3 is 3.11 bits per heavy atom. The molecule has 5 nitrogen and oxygen atoms in total. The number of ether oxygens (including phenoxy) is 1. The van der Waals surface area contributed by atoms with Crippen molar-refractivity contribution < 1.29 is 14.6 Å². The van der Waals surface area contributed by atoms with Crippen LogP contribution in [0, 0.1) is 11.8 Å². The van der Waals surface area contributed by atoms with Gasteiger partial charge in [0.05, 0.1) is 11.7 Å². The molecule has 2 N–H and O–H groups in total. The smallest absolute Gasteiger partial charge is 0.271 e. The molecule has 2 rings (SSSR count). The van der Waals surface area contributed by atoms with E-state index in [0.717, 1.165) is 12.8 Å². The largest absolute Gasteiger partial charge is 0.384 e. The number of carbonyl (C=O) groups is 1. The molecule has 1 saturated carbocycles. The lowest BCUT2D eigenvalue weighted by Crippen LogP contribution is -2.47. The maximum atomic E-state index is 12.1. The molecule has 0 spiro atoms. The lowest BCUT2D eigenvalue weighted by Gasteiger charge is -2.34. The Bertz CT molecular complexity index is 513. The van der Waals surface area contributed by atoms with Crippen molar-refractivity contribution in [2.24, 2.45) is 0 Å². The fourth-order valence-corrected chi connectivity index (χ4v) is 1.95. The monoisotopic (exact) mass is 260 g/mol. The normalized spacial score (nSPS) is 20.9. The molecule has 1 heterocycles. The van der Waals surface area contributed by atoms with E-state index in [1.165, 1.54) is 0 Å². The van der Waals surface area contributed by atoms with E-state index in [2.05, 4.69) is 22.1 Å². The molecule has 1 aromatic heterocycles. The molecule has 0 unspecified atom stereocenters. The number of hydrogen-bond acceptors (Lipinski definition) is 4. The van der Waals surface area contributed by atoms with E-state index in [-0.39, 0.29) is 24.7 Å². The Labute approximate surface area is 112 Å². The molecule has 0 radical (unpaired) electrons. The zero-order valence-electron chi connectivity index (χ0n) is 10.7. The van der Waals surface area contributed by atoms with Gasteiger partial charge in [0.25, 0.3) is 5.91 Å². The van der Waals surface area contributed by atoms with Crippen LogP contribution in [-0.4, -0.2) is 41.9 Å².